The normalized spacial score (nSPS) is 12.6. The van der Waals surface area contributed by atoms with E-state index in [0.29, 0.717) is 34.4 Å². The third-order valence-corrected chi connectivity index (χ3v) is 6.32. The summed E-state index contributed by atoms with van der Waals surface area (Å²) >= 11 is 0. The molecule has 3 aromatic rings. The summed E-state index contributed by atoms with van der Waals surface area (Å²) in [7, 11) is 2.22. The molecule has 0 saturated heterocycles. The first-order valence-electron chi connectivity index (χ1n) is 9.37. The van der Waals surface area contributed by atoms with Crippen LogP contribution in [-0.4, -0.2) is 32.1 Å². The van der Waals surface area contributed by atoms with E-state index >= 15 is 0 Å². The van der Waals surface area contributed by atoms with Gasteiger partial charge in [0.1, 0.15) is 27.8 Å². The first kappa shape index (κ1) is 21.7. The van der Waals surface area contributed by atoms with Gasteiger partial charge in [0.25, 0.3) is 0 Å². The van der Waals surface area contributed by atoms with Crippen LogP contribution in [0, 0.1) is 0 Å². The molecule has 158 valence electrons. The number of methoxy groups -OCH3 is 3. The summed E-state index contributed by atoms with van der Waals surface area (Å²) in [4.78, 5) is 0.693. The van der Waals surface area contributed by atoms with Gasteiger partial charge >= 0.3 is 0 Å². The van der Waals surface area contributed by atoms with Crippen molar-refractivity contribution in [2.24, 2.45) is 4.36 Å². The predicted octanol–water partition coefficient (Wildman–Crippen LogP) is 5.11. The van der Waals surface area contributed by atoms with Gasteiger partial charge in [0.15, 0.2) is 0 Å². The van der Waals surface area contributed by atoms with Gasteiger partial charge < -0.3 is 24.1 Å². The van der Waals surface area contributed by atoms with Crippen LogP contribution in [0.15, 0.2) is 76.0 Å². The number of hydrogen-bond acceptors (Lipinski definition) is 6. The molecule has 0 aliphatic carbocycles. The van der Waals surface area contributed by atoms with Gasteiger partial charge in [-0.15, -0.1) is 4.36 Å². The van der Waals surface area contributed by atoms with Crippen LogP contribution in [0.1, 0.15) is 5.56 Å². The maximum atomic E-state index is 13.2. The molecule has 7 heteroatoms. The Bertz CT molecular complexity index is 1020. The van der Waals surface area contributed by atoms with Crippen molar-refractivity contribution < 1.29 is 18.8 Å². The topological polar surface area (TPSA) is 75.1 Å². The van der Waals surface area contributed by atoms with Crippen LogP contribution in [0.5, 0.6) is 17.2 Å². The van der Waals surface area contributed by atoms with E-state index in [9.17, 15) is 4.55 Å². The molecular weight excluding hydrogens is 400 g/mol. The van der Waals surface area contributed by atoms with E-state index in [2.05, 4.69) is 9.68 Å². The molecule has 0 aliphatic heterocycles. The third-order valence-electron chi connectivity index (χ3n) is 4.63. The zero-order chi connectivity index (χ0) is 21.6. The van der Waals surface area contributed by atoms with E-state index in [-0.39, 0.29) is 0 Å². The van der Waals surface area contributed by atoms with Gasteiger partial charge in [-0.05, 0) is 34.4 Å². The number of anilines is 1. The van der Waals surface area contributed by atoms with Crippen molar-refractivity contribution >= 4 is 21.5 Å². The number of ether oxygens (including phenoxy) is 3. The highest BCUT2D eigenvalue weighted by Gasteiger charge is 2.15. The van der Waals surface area contributed by atoms with Gasteiger partial charge in [-0.3, -0.25) is 0 Å². The summed E-state index contributed by atoms with van der Waals surface area (Å²) in [5.74, 6) is 1.95. The molecule has 0 amide bonds. The Balaban J connectivity index is 1.93. The number of rotatable bonds is 8. The second-order valence-corrected chi connectivity index (χ2v) is 8.85. The fourth-order valence-electron chi connectivity index (χ4n) is 3.05. The number of para-hydroxylation sites is 1. The van der Waals surface area contributed by atoms with Gasteiger partial charge in [-0.2, -0.15) is 0 Å². The average Bonchev–Trinajstić information content (AvgIpc) is 2.78. The quantitative estimate of drug-likeness (QED) is 0.507. The van der Waals surface area contributed by atoms with Crippen LogP contribution in [-0.2, 0) is 16.7 Å². The lowest BCUT2D eigenvalue weighted by molar-refractivity contribution is 0.369. The van der Waals surface area contributed by atoms with Crippen molar-refractivity contribution in [2.45, 2.75) is 11.4 Å². The van der Waals surface area contributed by atoms with Crippen molar-refractivity contribution in [1.29, 1.82) is 0 Å². The Hall–Kier alpha value is -3.03. The number of benzene rings is 3. The Morgan fingerprint density at radius 2 is 1.47 bits per heavy atom. The third kappa shape index (κ3) is 4.93. The fourth-order valence-corrected chi connectivity index (χ4v) is 4.35. The largest absolute Gasteiger partial charge is 0.626 e. The first-order valence-corrected chi connectivity index (χ1v) is 11.3. The molecule has 0 bridgehead atoms. The molecule has 1 unspecified atom stereocenters. The lowest BCUT2D eigenvalue weighted by Crippen LogP contribution is -2.08. The highest BCUT2D eigenvalue weighted by atomic mass is 32.3. The zero-order valence-electron chi connectivity index (χ0n) is 17.5. The monoisotopic (exact) mass is 426 g/mol. The van der Waals surface area contributed by atoms with Gasteiger partial charge in [0, 0.05) is 18.7 Å². The van der Waals surface area contributed by atoms with Crippen LogP contribution in [0.3, 0.4) is 0 Å². The standard InChI is InChI=1S/C23H26N2O4S/c1-27-17-14-22(28-2)19(23(15-17)29-3)16-24-20-12-8-9-13-21(20)25-30(4,26)18-10-6-5-7-11-18/h5-15,24H,16H2,1-4H3. The average molecular weight is 427 g/mol. The molecule has 0 fully saturated rings. The Labute approximate surface area is 178 Å². The molecular formula is C23H26N2O4S. The molecule has 1 N–H and O–H groups in total. The van der Waals surface area contributed by atoms with Gasteiger partial charge in [0.05, 0.1) is 38.8 Å². The predicted molar refractivity (Wildman–Crippen MR) is 121 cm³/mol. The second-order valence-electron chi connectivity index (χ2n) is 6.59. The number of hydrogen-bond donors (Lipinski definition) is 1. The summed E-state index contributed by atoms with van der Waals surface area (Å²) < 4.78 is 34.1. The van der Waals surface area contributed by atoms with Gasteiger partial charge in [-0.1, -0.05) is 30.3 Å². The van der Waals surface area contributed by atoms with Crippen molar-refractivity contribution in [3.05, 3.63) is 72.3 Å². The zero-order valence-corrected chi connectivity index (χ0v) is 18.4. The number of nitrogens with one attached hydrogen (secondary N) is 1. The number of nitrogens with zero attached hydrogens (tertiary/aromatic N) is 1. The van der Waals surface area contributed by atoms with Crippen LogP contribution >= 0.6 is 0 Å². The summed E-state index contributed by atoms with van der Waals surface area (Å²) in [5, 5.41) is 3.37. The fraction of sp³-hybridized carbons (Fsp3) is 0.217. The van der Waals surface area contributed by atoms with Crippen LogP contribution in [0.4, 0.5) is 11.4 Å². The van der Waals surface area contributed by atoms with E-state index < -0.39 is 10.1 Å². The highest BCUT2D eigenvalue weighted by molar-refractivity contribution is 7.99. The molecule has 30 heavy (non-hydrogen) atoms. The maximum Gasteiger partial charge on any atom is 0.136 e. The Morgan fingerprint density at radius 1 is 0.867 bits per heavy atom. The van der Waals surface area contributed by atoms with E-state index in [4.69, 9.17) is 14.2 Å². The molecule has 0 saturated carbocycles. The van der Waals surface area contributed by atoms with Crippen LogP contribution in [0.2, 0.25) is 0 Å². The van der Waals surface area contributed by atoms with Crippen molar-refractivity contribution in [2.75, 3.05) is 32.9 Å². The summed E-state index contributed by atoms with van der Waals surface area (Å²) in [6.07, 6.45) is 1.65. The van der Waals surface area contributed by atoms with Crippen molar-refractivity contribution in [1.82, 2.24) is 0 Å². The van der Waals surface area contributed by atoms with Crippen molar-refractivity contribution in [3.8, 4) is 17.2 Å². The Kier molecular flexibility index (Phi) is 6.97. The second kappa shape index (κ2) is 9.65. The minimum atomic E-state index is -2.58. The molecule has 6 nitrogen and oxygen atoms in total. The molecule has 0 radical (unpaired) electrons. The van der Waals surface area contributed by atoms with Crippen LogP contribution < -0.4 is 19.5 Å². The molecule has 3 rings (SSSR count). The lowest BCUT2D eigenvalue weighted by atomic mass is 10.1. The summed E-state index contributed by atoms with van der Waals surface area (Å²) in [5.41, 5.74) is 2.24. The molecule has 3 aromatic carbocycles. The molecule has 1 atom stereocenters. The van der Waals surface area contributed by atoms with Crippen molar-refractivity contribution in [3.63, 3.8) is 0 Å². The molecule has 0 heterocycles. The minimum absolute atomic E-state index is 0.430. The first-order chi connectivity index (χ1) is 14.5. The van der Waals surface area contributed by atoms with Gasteiger partial charge in [0.2, 0.25) is 0 Å². The Morgan fingerprint density at radius 3 is 2.07 bits per heavy atom. The smallest absolute Gasteiger partial charge is 0.136 e. The van der Waals surface area contributed by atoms with E-state index in [0.717, 1.165) is 11.3 Å². The molecule has 0 aliphatic rings. The van der Waals surface area contributed by atoms with E-state index in [1.807, 2.05) is 66.7 Å². The summed E-state index contributed by atoms with van der Waals surface area (Å²) in [6.45, 7) is 0.430. The summed E-state index contributed by atoms with van der Waals surface area (Å²) in [6, 6.07) is 20.4. The SMILES string of the molecule is COc1cc(OC)c(CNc2ccccc2N=[S+](C)([O-])c2ccccc2)c(OC)c1. The highest BCUT2D eigenvalue weighted by Crippen LogP contribution is 2.36. The molecule has 0 spiro atoms. The van der Waals surface area contributed by atoms with Gasteiger partial charge in [-0.25, -0.2) is 0 Å². The lowest BCUT2D eigenvalue weighted by Gasteiger charge is -2.19. The van der Waals surface area contributed by atoms with Crippen LogP contribution in [0.25, 0.3) is 0 Å². The van der Waals surface area contributed by atoms with E-state index in [1.165, 1.54) is 0 Å². The van der Waals surface area contributed by atoms with E-state index in [1.54, 1.807) is 27.6 Å². The maximum absolute atomic E-state index is 13.2. The molecule has 0 aromatic heterocycles. The minimum Gasteiger partial charge on any atom is -0.626 e.